The number of carbonyl (C=O) groups excluding carboxylic acids is 1. The topological polar surface area (TPSA) is 17.1 Å². The number of hydrogen-bond donors (Lipinski definition) is 0. The maximum absolute atomic E-state index is 12.1. The van der Waals surface area contributed by atoms with Crippen molar-refractivity contribution < 1.29 is 4.79 Å². The highest BCUT2D eigenvalue weighted by atomic mass is 16.1. The van der Waals surface area contributed by atoms with Crippen molar-refractivity contribution in [3.63, 3.8) is 0 Å². The van der Waals surface area contributed by atoms with Gasteiger partial charge in [-0.15, -0.1) is 0 Å². The minimum Gasteiger partial charge on any atom is -0.299 e. The van der Waals surface area contributed by atoms with Crippen LogP contribution >= 0.6 is 0 Å². The first-order valence-corrected chi connectivity index (χ1v) is 7.09. The van der Waals surface area contributed by atoms with E-state index in [0.717, 1.165) is 30.6 Å². The Kier molecular flexibility index (Phi) is 3.71. The molecule has 16 heavy (non-hydrogen) atoms. The number of hydrogen-bond acceptors (Lipinski definition) is 1. The maximum Gasteiger partial charge on any atom is 0.136 e. The third-order valence-electron chi connectivity index (χ3n) is 4.74. The number of Topliss-reactive ketones (excluding diaryl/α,β-unsaturated/α-hetero) is 1. The lowest BCUT2D eigenvalue weighted by molar-refractivity contribution is -0.128. The molecule has 2 fully saturated rings. The molecule has 0 aromatic rings. The molecule has 0 bridgehead atoms. The average molecular weight is 222 g/mol. The summed E-state index contributed by atoms with van der Waals surface area (Å²) < 4.78 is 0. The first-order chi connectivity index (χ1) is 7.56. The highest BCUT2D eigenvalue weighted by Crippen LogP contribution is 2.42. The monoisotopic (exact) mass is 222 g/mol. The van der Waals surface area contributed by atoms with Gasteiger partial charge in [0.15, 0.2) is 0 Å². The summed E-state index contributed by atoms with van der Waals surface area (Å²) in [5, 5.41) is 0. The molecule has 4 unspecified atom stereocenters. The van der Waals surface area contributed by atoms with Gasteiger partial charge in [-0.25, -0.2) is 0 Å². The van der Waals surface area contributed by atoms with E-state index < -0.39 is 0 Å². The predicted molar refractivity (Wildman–Crippen MR) is 67.2 cm³/mol. The minimum atomic E-state index is 0.411. The predicted octanol–water partition coefficient (Wildman–Crippen LogP) is 4.06. The van der Waals surface area contributed by atoms with Gasteiger partial charge in [-0.2, -0.15) is 0 Å². The van der Waals surface area contributed by atoms with E-state index in [0.29, 0.717) is 17.6 Å². The smallest absolute Gasteiger partial charge is 0.136 e. The largest absolute Gasteiger partial charge is 0.299 e. The van der Waals surface area contributed by atoms with Crippen LogP contribution in [-0.4, -0.2) is 5.78 Å². The van der Waals surface area contributed by atoms with Gasteiger partial charge in [-0.05, 0) is 55.8 Å². The third kappa shape index (κ3) is 2.67. The Labute approximate surface area is 100.0 Å². The fourth-order valence-corrected chi connectivity index (χ4v) is 4.05. The molecule has 2 saturated carbocycles. The molecule has 0 heterocycles. The van der Waals surface area contributed by atoms with E-state index in [9.17, 15) is 4.79 Å². The summed E-state index contributed by atoms with van der Waals surface area (Å²) in [7, 11) is 0. The molecule has 1 nitrogen and oxygen atoms in total. The molecule has 0 N–H and O–H groups in total. The van der Waals surface area contributed by atoms with Gasteiger partial charge in [0, 0.05) is 12.3 Å². The molecule has 0 amide bonds. The summed E-state index contributed by atoms with van der Waals surface area (Å²) in [6.07, 6.45) is 7.12. The first-order valence-electron chi connectivity index (χ1n) is 7.09. The molecule has 0 aliphatic heterocycles. The van der Waals surface area contributed by atoms with E-state index in [4.69, 9.17) is 0 Å². The van der Waals surface area contributed by atoms with Gasteiger partial charge in [-0.1, -0.05) is 20.8 Å². The molecule has 4 atom stereocenters. The van der Waals surface area contributed by atoms with E-state index in [1.54, 1.807) is 0 Å². The SMILES string of the molecule is CC1CC(C)CC(C2CC(C)CCC2=O)C1. The Bertz CT molecular complexity index is 248. The minimum absolute atomic E-state index is 0.411. The second kappa shape index (κ2) is 4.89. The molecule has 92 valence electrons. The summed E-state index contributed by atoms with van der Waals surface area (Å²) in [5.74, 6) is 4.13. The van der Waals surface area contributed by atoms with E-state index in [1.807, 2.05) is 0 Å². The van der Waals surface area contributed by atoms with Crippen molar-refractivity contribution in [1.82, 2.24) is 0 Å². The standard InChI is InChI=1S/C15H26O/c1-10-4-5-15(16)14(9-10)13-7-11(2)6-12(3)8-13/h10-14H,4-9H2,1-3H3. The zero-order valence-corrected chi connectivity index (χ0v) is 11.0. The van der Waals surface area contributed by atoms with Crippen LogP contribution in [0.1, 0.15) is 59.3 Å². The van der Waals surface area contributed by atoms with Crippen molar-refractivity contribution in [3.8, 4) is 0 Å². The fourth-order valence-electron chi connectivity index (χ4n) is 4.05. The lowest BCUT2D eigenvalue weighted by atomic mass is 9.66. The zero-order valence-electron chi connectivity index (χ0n) is 11.0. The molecule has 0 aromatic heterocycles. The summed E-state index contributed by atoms with van der Waals surface area (Å²) in [4.78, 5) is 12.1. The van der Waals surface area contributed by atoms with Crippen molar-refractivity contribution in [2.45, 2.75) is 59.3 Å². The van der Waals surface area contributed by atoms with Crippen LogP contribution in [0.25, 0.3) is 0 Å². The second-order valence-electron chi connectivity index (χ2n) is 6.63. The number of rotatable bonds is 1. The van der Waals surface area contributed by atoms with Gasteiger partial charge in [0.1, 0.15) is 5.78 Å². The molecule has 2 aliphatic carbocycles. The van der Waals surface area contributed by atoms with Crippen LogP contribution < -0.4 is 0 Å². The molecule has 0 saturated heterocycles. The van der Waals surface area contributed by atoms with E-state index in [2.05, 4.69) is 20.8 Å². The van der Waals surface area contributed by atoms with Crippen LogP contribution in [0.15, 0.2) is 0 Å². The van der Waals surface area contributed by atoms with Gasteiger partial charge >= 0.3 is 0 Å². The molecular formula is C15H26O. The van der Waals surface area contributed by atoms with Crippen molar-refractivity contribution >= 4 is 5.78 Å². The number of carbonyl (C=O) groups is 1. The first kappa shape index (κ1) is 12.1. The molecular weight excluding hydrogens is 196 g/mol. The molecule has 1 heteroatoms. The quantitative estimate of drug-likeness (QED) is 0.654. The van der Waals surface area contributed by atoms with Crippen LogP contribution in [0.2, 0.25) is 0 Å². The van der Waals surface area contributed by atoms with Crippen LogP contribution in [0, 0.1) is 29.6 Å². The molecule has 2 aliphatic rings. The summed E-state index contributed by atoms with van der Waals surface area (Å²) in [5.41, 5.74) is 0. The number of ketones is 1. The van der Waals surface area contributed by atoms with Gasteiger partial charge in [0.25, 0.3) is 0 Å². The van der Waals surface area contributed by atoms with Gasteiger partial charge < -0.3 is 0 Å². The second-order valence-corrected chi connectivity index (χ2v) is 6.63. The van der Waals surface area contributed by atoms with Gasteiger partial charge in [0.2, 0.25) is 0 Å². The van der Waals surface area contributed by atoms with Crippen molar-refractivity contribution in [3.05, 3.63) is 0 Å². The van der Waals surface area contributed by atoms with E-state index >= 15 is 0 Å². The molecule has 0 radical (unpaired) electrons. The van der Waals surface area contributed by atoms with Crippen molar-refractivity contribution in [2.75, 3.05) is 0 Å². The Hall–Kier alpha value is -0.330. The van der Waals surface area contributed by atoms with E-state index in [-0.39, 0.29) is 0 Å². The highest BCUT2D eigenvalue weighted by molar-refractivity contribution is 5.82. The highest BCUT2D eigenvalue weighted by Gasteiger charge is 2.36. The Balaban J connectivity index is 2.01. The van der Waals surface area contributed by atoms with Gasteiger partial charge in [0.05, 0.1) is 0 Å². The van der Waals surface area contributed by atoms with Crippen LogP contribution in [-0.2, 0) is 4.79 Å². The Morgan fingerprint density at radius 3 is 2.12 bits per heavy atom. The summed E-state index contributed by atoms with van der Waals surface area (Å²) in [6, 6.07) is 0. The van der Waals surface area contributed by atoms with Crippen molar-refractivity contribution in [1.29, 1.82) is 0 Å². The molecule has 2 rings (SSSR count). The fraction of sp³-hybridized carbons (Fsp3) is 0.933. The van der Waals surface area contributed by atoms with E-state index in [1.165, 1.54) is 25.7 Å². The van der Waals surface area contributed by atoms with Gasteiger partial charge in [-0.3, -0.25) is 4.79 Å². The Morgan fingerprint density at radius 2 is 1.50 bits per heavy atom. The van der Waals surface area contributed by atoms with Crippen molar-refractivity contribution in [2.24, 2.45) is 29.6 Å². The summed E-state index contributed by atoms with van der Waals surface area (Å²) in [6.45, 7) is 7.04. The molecule has 0 aromatic carbocycles. The zero-order chi connectivity index (χ0) is 11.7. The Morgan fingerprint density at radius 1 is 0.875 bits per heavy atom. The lowest BCUT2D eigenvalue weighted by Crippen LogP contribution is -2.34. The lowest BCUT2D eigenvalue weighted by Gasteiger charge is -2.38. The van der Waals surface area contributed by atoms with Crippen LogP contribution in [0.4, 0.5) is 0 Å². The third-order valence-corrected chi connectivity index (χ3v) is 4.74. The molecule has 0 spiro atoms. The van der Waals surface area contributed by atoms with Crippen LogP contribution in [0.3, 0.4) is 0 Å². The average Bonchev–Trinajstić information content (AvgIpc) is 2.20. The maximum atomic E-state index is 12.1. The normalized spacial score (nSPS) is 45.7. The summed E-state index contributed by atoms with van der Waals surface area (Å²) >= 11 is 0. The van der Waals surface area contributed by atoms with Crippen LogP contribution in [0.5, 0.6) is 0 Å².